The van der Waals surface area contributed by atoms with E-state index >= 15 is 0 Å². The fraction of sp³-hybridized carbons (Fsp3) is 0.154. The summed E-state index contributed by atoms with van der Waals surface area (Å²) in [7, 11) is 0. The minimum Gasteiger partial charge on any atom is -0.481 e. The molecule has 1 aliphatic rings. The highest BCUT2D eigenvalue weighted by atomic mass is 35.5. The van der Waals surface area contributed by atoms with Gasteiger partial charge >= 0.3 is 5.97 Å². The van der Waals surface area contributed by atoms with Gasteiger partial charge in [0.15, 0.2) is 6.61 Å². The van der Waals surface area contributed by atoms with E-state index in [1.54, 1.807) is 18.2 Å². The number of halogens is 1. The molecule has 3 aromatic carbocycles. The summed E-state index contributed by atoms with van der Waals surface area (Å²) in [4.78, 5) is 37.6. The average Bonchev–Trinajstić information content (AvgIpc) is 3.38. The van der Waals surface area contributed by atoms with Crippen molar-refractivity contribution in [1.29, 1.82) is 0 Å². The quantitative estimate of drug-likeness (QED) is 0.298. The molecule has 0 spiro atoms. The summed E-state index contributed by atoms with van der Waals surface area (Å²) in [5.41, 5.74) is 0.687. The number of ether oxygens (including phenoxy) is 1. The van der Waals surface area contributed by atoms with Crippen molar-refractivity contribution in [2.45, 2.75) is 17.9 Å². The number of hydrogen-bond acceptors (Lipinski definition) is 7. The molecule has 1 aliphatic carbocycles. The molecular formula is C26H21ClN6O5. The minimum atomic E-state index is -1.21. The number of aromatic nitrogens is 4. The summed E-state index contributed by atoms with van der Waals surface area (Å²) in [6, 6.07) is 20.0. The van der Waals surface area contributed by atoms with Crippen LogP contribution in [0.25, 0.3) is 5.69 Å². The van der Waals surface area contributed by atoms with Crippen molar-refractivity contribution < 1.29 is 24.2 Å². The number of carboxylic acid groups (broad SMARTS) is 1. The van der Waals surface area contributed by atoms with Crippen molar-refractivity contribution in [1.82, 2.24) is 25.5 Å². The van der Waals surface area contributed by atoms with Crippen molar-refractivity contribution in [3.05, 3.63) is 95.3 Å². The van der Waals surface area contributed by atoms with Crippen LogP contribution in [0.1, 0.15) is 28.3 Å². The second-order valence-electron chi connectivity index (χ2n) is 8.68. The highest BCUT2D eigenvalue weighted by Crippen LogP contribution is 2.52. The van der Waals surface area contributed by atoms with E-state index in [1.165, 1.54) is 35.3 Å². The highest BCUT2D eigenvalue weighted by molar-refractivity contribution is 6.30. The van der Waals surface area contributed by atoms with E-state index in [1.807, 2.05) is 30.3 Å². The van der Waals surface area contributed by atoms with E-state index in [4.69, 9.17) is 21.4 Å². The number of carbonyl (C=O) groups excluding carboxylic acids is 2. The number of nitrogens with one attached hydrogen (secondary N) is 2. The first-order chi connectivity index (χ1) is 18.4. The Kier molecular flexibility index (Phi) is 6.75. The third-order valence-electron chi connectivity index (χ3n) is 6.20. The maximum Gasteiger partial charge on any atom is 0.335 e. The summed E-state index contributed by atoms with van der Waals surface area (Å²) < 4.78 is 7.13. The van der Waals surface area contributed by atoms with Crippen molar-refractivity contribution in [2.24, 2.45) is 0 Å². The summed E-state index contributed by atoms with van der Waals surface area (Å²) in [5, 5.41) is 26.2. The fourth-order valence-electron chi connectivity index (χ4n) is 4.23. The van der Waals surface area contributed by atoms with Crippen LogP contribution in [0.5, 0.6) is 5.75 Å². The van der Waals surface area contributed by atoms with Gasteiger partial charge in [0.05, 0.1) is 5.56 Å². The van der Waals surface area contributed by atoms with Gasteiger partial charge < -0.3 is 20.5 Å². The van der Waals surface area contributed by atoms with Crippen LogP contribution in [0.2, 0.25) is 5.02 Å². The molecule has 1 saturated carbocycles. The molecule has 192 valence electrons. The zero-order valence-corrected chi connectivity index (χ0v) is 20.5. The lowest BCUT2D eigenvalue weighted by Crippen LogP contribution is -2.49. The Labute approximate surface area is 221 Å². The molecule has 2 amide bonds. The maximum atomic E-state index is 13.4. The van der Waals surface area contributed by atoms with E-state index in [-0.39, 0.29) is 23.8 Å². The smallest absolute Gasteiger partial charge is 0.335 e. The molecule has 1 aromatic heterocycles. The zero-order chi connectivity index (χ0) is 26.7. The van der Waals surface area contributed by atoms with Gasteiger partial charge in [0.25, 0.3) is 11.8 Å². The standard InChI is InChI=1S/C26H21ClN6O5/c27-18-8-11-21(33-15-28-31-32-33)22(12-18)38-14-23(34)30-26(13-20(26)16-4-2-1-3-5-16)25(37)29-19-9-6-17(7-10-19)24(35)36/h1-12,15,20H,13-14H2,(H,29,37)(H,30,34)(H,35,36)/t20?,26-/m1/s1. The van der Waals surface area contributed by atoms with Crippen LogP contribution in [0.15, 0.2) is 79.1 Å². The van der Waals surface area contributed by atoms with Gasteiger partial charge in [-0.3, -0.25) is 9.59 Å². The summed E-state index contributed by atoms with van der Waals surface area (Å²) in [6.45, 7) is -0.390. The second kappa shape index (κ2) is 10.3. The number of hydrogen-bond donors (Lipinski definition) is 3. The molecule has 1 unspecified atom stereocenters. The molecule has 12 heteroatoms. The molecule has 4 aromatic rings. The van der Waals surface area contributed by atoms with E-state index in [9.17, 15) is 14.4 Å². The van der Waals surface area contributed by atoms with Crippen molar-refractivity contribution >= 4 is 35.1 Å². The molecule has 0 radical (unpaired) electrons. The zero-order valence-electron chi connectivity index (χ0n) is 19.7. The van der Waals surface area contributed by atoms with Crippen LogP contribution in [0, 0.1) is 0 Å². The summed E-state index contributed by atoms with van der Waals surface area (Å²) >= 11 is 6.12. The molecule has 1 fully saturated rings. The van der Waals surface area contributed by atoms with Crippen molar-refractivity contribution in [3.63, 3.8) is 0 Å². The van der Waals surface area contributed by atoms with Gasteiger partial charge in [-0.1, -0.05) is 41.9 Å². The molecule has 5 rings (SSSR count). The number of tetrazole rings is 1. The number of nitrogens with zero attached hydrogens (tertiary/aromatic N) is 4. The normalized spacial score (nSPS) is 17.9. The van der Waals surface area contributed by atoms with Gasteiger partial charge in [-0.05, 0) is 58.8 Å². The number of carbonyl (C=O) groups is 3. The number of amides is 2. The number of rotatable bonds is 9. The largest absolute Gasteiger partial charge is 0.481 e. The monoisotopic (exact) mass is 532 g/mol. The van der Waals surface area contributed by atoms with Crippen molar-refractivity contribution in [2.75, 3.05) is 11.9 Å². The molecule has 2 atom stereocenters. The topological polar surface area (TPSA) is 148 Å². The first-order valence-corrected chi connectivity index (χ1v) is 11.9. The van der Waals surface area contributed by atoms with Gasteiger partial charge in [0.2, 0.25) is 0 Å². The highest BCUT2D eigenvalue weighted by Gasteiger charge is 2.61. The Morgan fingerprint density at radius 2 is 1.84 bits per heavy atom. The number of benzene rings is 3. The molecule has 1 heterocycles. The summed E-state index contributed by atoms with van der Waals surface area (Å²) in [5.74, 6) is -1.97. The molecule has 0 bridgehead atoms. The van der Waals surface area contributed by atoms with Gasteiger partial charge in [0, 0.05) is 22.7 Å². The van der Waals surface area contributed by atoms with Crippen LogP contribution in [0.3, 0.4) is 0 Å². The van der Waals surface area contributed by atoms with E-state index < -0.39 is 23.3 Å². The van der Waals surface area contributed by atoms with Crippen molar-refractivity contribution in [3.8, 4) is 11.4 Å². The number of anilines is 1. The second-order valence-corrected chi connectivity index (χ2v) is 9.12. The maximum absolute atomic E-state index is 13.4. The Morgan fingerprint density at radius 1 is 1.08 bits per heavy atom. The lowest BCUT2D eigenvalue weighted by molar-refractivity contribution is -0.128. The Balaban J connectivity index is 1.33. The molecular weight excluding hydrogens is 512 g/mol. The van der Waals surface area contributed by atoms with Gasteiger partial charge in [0.1, 0.15) is 23.3 Å². The lowest BCUT2D eigenvalue weighted by atomic mass is 10.0. The van der Waals surface area contributed by atoms with Crippen LogP contribution in [-0.4, -0.2) is 55.2 Å². The van der Waals surface area contributed by atoms with Crippen LogP contribution in [0.4, 0.5) is 5.69 Å². The van der Waals surface area contributed by atoms with Crippen LogP contribution >= 0.6 is 11.6 Å². The van der Waals surface area contributed by atoms with E-state index in [2.05, 4.69) is 26.2 Å². The number of carboxylic acids is 1. The van der Waals surface area contributed by atoms with E-state index in [0.717, 1.165) is 5.56 Å². The predicted octanol–water partition coefficient (Wildman–Crippen LogP) is 3.07. The third kappa shape index (κ3) is 5.18. The third-order valence-corrected chi connectivity index (χ3v) is 6.43. The molecule has 0 saturated heterocycles. The summed E-state index contributed by atoms with van der Waals surface area (Å²) in [6.07, 6.45) is 1.77. The van der Waals surface area contributed by atoms with Gasteiger partial charge in [-0.25, -0.2) is 4.79 Å². The first-order valence-electron chi connectivity index (χ1n) is 11.5. The fourth-order valence-corrected chi connectivity index (χ4v) is 4.39. The average molecular weight is 533 g/mol. The number of aromatic carboxylic acids is 1. The first kappa shape index (κ1) is 24.9. The van der Waals surface area contributed by atoms with Gasteiger partial charge in [-0.15, -0.1) is 5.10 Å². The Hall–Kier alpha value is -4.77. The molecule has 11 nitrogen and oxygen atoms in total. The SMILES string of the molecule is O=C(COc1cc(Cl)ccc1-n1cnnn1)N[C@]1(C(=O)Nc2ccc(C(=O)O)cc2)CC1c1ccccc1. The minimum absolute atomic E-state index is 0.0961. The molecule has 3 N–H and O–H groups in total. The van der Waals surface area contributed by atoms with Gasteiger partial charge in [-0.2, -0.15) is 4.68 Å². The van der Waals surface area contributed by atoms with Crippen LogP contribution < -0.4 is 15.4 Å². The van der Waals surface area contributed by atoms with E-state index in [0.29, 0.717) is 22.8 Å². The molecule has 38 heavy (non-hydrogen) atoms. The Morgan fingerprint density at radius 3 is 2.53 bits per heavy atom. The van der Waals surface area contributed by atoms with Crippen LogP contribution in [-0.2, 0) is 9.59 Å². The Bertz CT molecular complexity index is 1480. The molecule has 0 aliphatic heterocycles. The lowest BCUT2D eigenvalue weighted by Gasteiger charge is -2.20. The predicted molar refractivity (Wildman–Crippen MR) is 136 cm³/mol.